The van der Waals surface area contributed by atoms with Gasteiger partial charge in [-0.15, -0.1) is 0 Å². The Hall–Kier alpha value is -1.94. The summed E-state index contributed by atoms with van der Waals surface area (Å²) in [6.07, 6.45) is 5.22. The van der Waals surface area contributed by atoms with Crippen LogP contribution in [0.25, 0.3) is 0 Å². The van der Waals surface area contributed by atoms with E-state index in [0.717, 1.165) is 24.2 Å². The van der Waals surface area contributed by atoms with Gasteiger partial charge >= 0.3 is 0 Å². The maximum Gasteiger partial charge on any atom is 0.127 e. The molecule has 2 aromatic rings. The van der Waals surface area contributed by atoms with Gasteiger partial charge in [0.1, 0.15) is 10.8 Å². The van der Waals surface area contributed by atoms with Crippen LogP contribution in [0.2, 0.25) is 0 Å². The second kappa shape index (κ2) is 5.59. The van der Waals surface area contributed by atoms with Crippen LogP contribution in [-0.4, -0.2) is 9.97 Å². The summed E-state index contributed by atoms with van der Waals surface area (Å²) in [7, 11) is 0. The van der Waals surface area contributed by atoms with Crippen LogP contribution in [0.4, 0.5) is 5.82 Å². The number of anilines is 1. The van der Waals surface area contributed by atoms with Gasteiger partial charge in [0, 0.05) is 11.8 Å². The van der Waals surface area contributed by atoms with E-state index in [4.69, 9.17) is 18.0 Å². The summed E-state index contributed by atoms with van der Waals surface area (Å²) in [5, 5.41) is 3.51. The molecular weight excluding hydrogens is 266 g/mol. The topological polar surface area (TPSA) is 50.9 Å². The molecule has 1 heterocycles. The number of nitrogens with one attached hydrogen (secondary N) is 1. The van der Waals surface area contributed by atoms with Gasteiger partial charge in [0.15, 0.2) is 0 Å². The second-order valence-electron chi connectivity index (χ2n) is 5.08. The molecule has 3 nitrogen and oxygen atoms in total. The Morgan fingerprint density at radius 2 is 2.15 bits per heavy atom. The predicted octanol–water partition coefficient (Wildman–Crippen LogP) is 3.21. The van der Waals surface area contributed by atoms with Crippen LogP contribution in [0.1, 0.15) is 35.6 Å². The Morgan fingerprint density at radius 1 is 1.30 bits per heavy atom. The number of hydrogen-bond donors (Lipinski definition) is 2. The fourth-order valence-electron chi connectivity index (χ4n) is 2.75. The number of aryl methyl sites for hydroxylation is 1. The third-order valence-corrected chi connectivity index (χ3v) is 3.97. The highest BCUT2D eigenvalue weighted by molar-refractivity contribution is 7.80. The third kappa shape index (κ3) is 2.65. The summed E-state index contributed by atoms with van der Waals surface area (Å²) in [4.78, 5) is 4.76. The van der Waals surface area contributed by atoms with Crippen molar-refractivity contribution in [3.63, 3.8) is 0 Å². The highest BCUT2D eigenvalue weighted by Gasteiger charge is 2.19. The fraction of sp³-hybridized carbons (Fsp3) is 0.250. The minimum absolute atomic E-state index is 0.314. The van der Waals surface area contributed by atoms with Gasteiger partial charge in [0.2, 0.25) is 0 Å². The number of hydrogen-bond acceptors (Lipinski definition) is 3. The average molecular weight is 283 g/mol. The molecule has 1 aliphatic carbocycles. The Morgan fingerprint density at radius 3 is 3.00 bits per heavy atom. The lowest BCUT2D eigenvalue weighted by Gasteiger charge is -2.26. The number of fused-ring (bicyclic) bond motifs is 1. The number of nitrogens with two attached hydrogens (primary N) is 1. The molecule has 1 aromatic heterocycles. The zero-order chi connectivity index (χ0) is 13.9. The van der Waals surface area contributed by atoms with E-state index >= 15 is 0 Å². The molecule has 0 amide bonds. The monoisotopic (exact) mass is 283 g/mol. The van der Waals surface area contributed by atoms with E-state index in [9.17, 15) is 0 Å². The second-order valence-corrected chi connectivity index (χ2v) is 5.52. The highest BCUT2D eigenvalue weighted by Crippen LogP contribution is 2.31. The van der Waals surface area contributed by atoms with Gasteiger partial charge in [-0.25, -0.2) is 4.98 Å². The normalized spacial score (nSPS) is 17.3. The highest BCUT2D eigenvalue weighted by atomic mass is 32.1. The fourth-order valence-corrected chi connectivity index (χ4v) is 2.87. The Kier molecular flexibility index (Phi) is 3.65. The molecule has 3 rings (SSSR count). The van der Waals surface area contributed by atoms with Crippen molar-refractivity contribution in [2.24, 2.45) is 5.73 Å². The Bertz CT molecular complexity index is 639. The summed E-state index contributed by atoms with van der Waals surface area (Å²) in [6, 6.07) is 12.7. The zero-order valence-corrected chi connectivity index (χ0v) is 12.0. The lowest BCUT2D eigenvalue weighted by atomic mass is 9.88. The molecule has 1 aliphatic rings. The Labute approximate surface area is 124 Å². The minimum Gasteiger partial charge on any atom is -0.389 e. The number of benzene rings is 1. The number of rotatable bonds is 3. The van der Waals surface area contributed by atoms with E-state index in [2.05, 4.69) is 34.6 Å². The first-order valence-corrected chi connectivity index (χ1v) is 7.25. The molecule has 0 aliphatic heterocycles. The number of pyridine rings is 1. The molecule has 0 saturated carbocycles. The third-order valence-electron chi connectivity index (χ3n) is 3.74. The molecule has 0 radical (unpaired) electrons. The summed E-state index contributed by atoms with van der Waals surface area (Å²) in [5.74, 6) is 0.831. The van der Waals surface area contributed by atoms with Gasteiger partial charge in [-0.2, -0.15) is 0 Å². The van der Waals surface area contributed by atoms with Crippen molar-refractivity contribution in [1.29, 1.82) is 0 Å². The molecular formula is C16H17N3S. The number of aromatic nitrogens is 1. The maximum atomic E-state index is 5.67. The molecule has 20 heavy (non-hydrogen) atoms. The minimum atomic E-state index is 0.314. The van der Waals surface area contributed by atoms with Crippen LogP contribution in [0.5, 0.6) is 0 Å². The first-order chi connectivity index (χ1) is 9.74. The smallest absolute Gasteiger partial charge is 0.127 e. The van der Waals surface area contributed by atoms with Gasteiger partial charge in [-0.05, 0) is 42.5 Å². The molecule has 0 spiro atoms. The molecule has 0 bridgehead atoms. The van der Waals surface area contributed by atoms with Crippen molar-refractivity contribution in [3.8, 4) is 0 Å². The van der Waals surface area contributed by atoms with Crippen LogP contribution >= 0.6 is 12.2 Å². The molecule has 3 N–H and O–H groups in total. The van der Waals surface area contributed by atoms with Crippen molar-refractivity contribution in [3.05, 3.63) is 59.3 Å². The maximum absolute atomic E-state index is 5.67. The van der Waals surface area contributed by atoms with Gasteiger partial charge in [-0.3, -0.25) is 0 Å². The van der Waals surface area contributed by atoms with E-state index < -0.39 is 0 Å². The van der Waals surface area contributed by atoms with Crippen molar-refractivity contribution in [1.82, 2.24) is 4.98 Å². The van der Waals surface area contributed by atoms with E-state index in [1.165, 1.54) is 17.5 Å². The van der Waals surface area contributed by atoms with Crippen molar-refractivity contribution in [2.75, 3.05) is 5.32 Å². The van der Waals surface area contributed by atoms with Gasteiger partial charge in [0.05, 0.1) is 6.04 Å². The lowest BCUT2D eigenvalue weighted by Crippen LogP contribution is -2.18. The van der Waals surface area contributed by atoms with Crippen LogP contribution in [-0.2, 0) is 6.42 Å². The summed E-state index contributed by atoms with van der Waals surface area (Å²) >= 11 is 5.01. The molecule has 1 atom stereocenters. The standard InChI is InChI=1S/C16H17N3S/c17-16(20)12-8-9-18-15(10-12)19-14-7-3-5-11-4-1-2-6-13(11)14/h1-2,4,6,8-10,14H,3,5,7H2,(H2,17,20)(H,18,19). The van der Waals surface area contributed by atoms with Gasteiger partial charge in [-0.1, -0.05) is 36.5 Å². The quantitative estimate of drug-likeness (QED) is 0.849. The van der Waals surface area contributed by atoms with Crippen LogP contribution in [0.15, 0.2) is 42.6 Å². The van der Waals surface area contributed by atoms with Gasteiger partial charge < -0.3 is 11.1 Å². The Balaban J connectivity index is 1.85. The van der Waals surface area contributed by atoms with E-state index in [1.807, 2.05) is 12.1 Å². The molecule has 1 unspecified atom stereocenters. The summed E-state index contributed by atoms with van der Waals surface area (Å²) in [6.45, 7) is 0. The SMILES string of the molecule is NC(=S)c1ccnc(NC2CCCc3ccccc32)c1. The molecule has 0 fully saturated rings. The first kappa shape index (κ1) is 13.1. The van der Waals surface area contributed by atoms with E-state index in [-0.39, 0.29) is 0 Å². The summed E-state index contributed by atoms with van der Waals surface area (Å²) < 4.78 is 0. The zero-order valence-electron chi connectivity index (χ0n) is 11.2. The molecule has 102 valence electrons. The van der Waals surface area contributed by atoms with Crippen molar-refractivity contribution in [2.45, 2.75) is 25.3 Å². The van der Waals surface area contributed by atoms with Crippen molar-refractivity contribution < 1.29 is 0 Å². The van der Waals surface area contributed by atoms with Crippen LogP contribution in [0.3, 0.4) is 0 Å². The number of nitrogens with zero attached hydrogens (tertiary/aromatic N) is 1. The van der Waals surface area contributed by atoms with E-state index in [1.54, 1.807) is 6.20 Å². The largest absolute Gasteiger partial charge is 0.389 e. The van der Waals surface area contributed by atoms with E-state index in [0.29, 0.717) is 11.0 Å². The molecule has 0 saturated heterocycles. The first-order valence-electron chi connectivity index (χ1n) is 6.84. The molecule has 4 heteroatoms. The predicted molar refractivity (Wildman–Crippen MR) is 85.9 cm³/mol. The summed E-state index contributed by atoms with van der Waals surface area (Å²) in [5.41, 5.74) is 9.33. The molecule has 1 aromatic carbocycles. The van der Waals surface area contributed by atoms with Crippen molar-refractivity contribution >= 4 is 23.0 Å². The van der Waals surface area contributed by atoms with Crippen LogP contribution < -0.4 is 11.1 Å². The van der Waals surface area contributed by atoms with Gasteiger partial charge in [0.25, 0.3) is 0 Å². The van der Waals surface area contributed by atoms with Crippen LogP contribution in [0, 0.1) is 0 Å². The average Bonchev–Trinajstić information content (AvgIpc) is 2.48. The lowest BCUT2D eigenvalue weighted by molar-refractivity contribution is 0.598. The number of thiocarbonyl (C=S) groups is 1.